The molecule has 2 aliphatic heterocycles. The number of nitrogens with zero attached hydrogens (tertiary/aromatic N) is 2. The molecular formula is C30H37F3N4O4. The Labute approximate surface area is 238 Å². The summed E-state index contributed by atoms with van der Waals surface area (Å²) in [6.45, 7) is 1.89. The molecule has 2 aliphatic rings. The van der Waals surface area contributed by atoms with Crippen LogP contribution >= 0.6 is 0 Å². The van der Waals surface area contributed by atoms with Gasteiger partial charge in [-0.25, -0.2) is 0 Å². The van der Waals surface area contributed by atoms with Gasteiger partial charge in [0, 0.05) is 25.6 Å². The van der Waals surface area contributed by atoms with E-state index in [0.717, 1.165) is 16.0 Å². The van der Waals surface area contributed by atoms with E-state index in [1.54, 1.807) is 30.3 Å². The van der Waals surface area contributed by atoms with Crippen molar-refractivity contribution in [3.05, 3.63) is 71.8 Å². The van der Waals surface area contributed by atoms with E-state index in [1.165, 1.54) is 18.7 Å². The Hall–Kier alpha value is -3.44. The number of carbonyl (C=O) groups excluding carboxylic acids is 3. The summed E-state index contributed by atoms with van der Waals surface area (Å²) in [6, 6.07) is 17.2. The van der Waals surface area contributed by atoms with Crippen LogP contribution in [0.2, 0.25) is 0 Å². The summed E-state index contributed by atoms with van der Waals surface area (Å²) in [7, 11) is 0. The topological polar surface area (TPSA) is 105 Å². The van der Waals surface area contributed by atoms with Crippen LogP contribution in [0.5, 0.6) is 0 Å². The third-order valence-corrected chi connectivity index (χ3v) is 7.78. The summed E-state index contributed by atoms with van der Waals surface area (Å²) in [4.78, 5) is 42.7. The Morgan fingerprint density at radius 1 is 1.10 bits per heavy atom. The minimum Gasteiger partial charge on any atom is -0.374 e. The number of amides is 3. The summed E-state index contributed by atoms with van der Waals surface area (Å²) < 4.78 is 46.0. The number of hydrogen-bond donors (Lipinski definition) is 2. The lowest BCUT2D eigenvalue weighted by molar-refractivity contribution is -0.163. The third-order valence-electron chi connectivity index (χ3n) is 7.78. The van der Waals surface area contributed by atoms with Gasteiger partial charge in [0.2, 0.25) is 17.7 Å². The number of alkyl halides is 3. The van der Waals surface area contributed by atoms with Crippen LogP contribution in [0, 0.1) is 5.41 Å². The monoisotopic (exact) mass is 574 g/mol. The van der Waals surface area contributed by atoms with E-state index in [0.29, 0.717) is 19.4 Å². The molecule has 0 saturated carbocycles. The van der Waals surface area contributed by atoms with Gasteiger partial charge in [0.15, 0.2) is 0 Å². The molecule has 2 fully saturated rings. The zero-order chi connectivity index (χ0) is 29.8. The van der Waals surface area contributed by atoms with E-state index in [-0.39, 0.29) is 26.3 Å². The number of ether oxygens (including phenoxy) is 1. The molecule has 0 aliphatic carbocycles. The molecule has 3 atom stereocenters. The predicted molar refractivity (Wildman–Crippen MR) is 146 cm³/mol. The van der Waals surface area contributed by atoms with Crippen molar-refractivity contribution in [3.8, 4) is 0 Å². The van der Waals surface area contributed by atoms with E-state index in [4.69, 9.17) is 10.5 Å². The summed E-state index contributed by atoms with van der Waals surface area (Å²) in [5.41, 5.74) is 5.12. The molecule has 2 unspecified atom stereocenters. The van der Waals surface area contributed by atoms with Gasteiger partial charge in [-0.05, 0) is 37.8 Å². The predicted octanol–water partition coefficient (Wildman–Crippen LogP) is 3.22. The van der Waals surface area contributed by atoms with Crippen molar-refractivity contribution in [3.63, 3.8) is 0 Å². The highest BCUT2D eigenvalue weighted by Crippen LogP contribution is 2.50. The highest BCUT2D eigenvalue weighted by atomic mass is 19.4. The molecule has 2 aromatic carbocycles. The van der Waals surface area contributed by atoms with Crippen molar-refractivity contribution in [2.45, 2.75) is 57.0 Å². The first kappa shape index (κ1) is 30.5. The van der Waals surface area contributed by atoms with Gasteiger partial charge in [-0.2, -0.15) is 13.2 Å². The molecule has 0 radical (unpaired) electrons. The van der Waals surface area contributed by atoms with Gasteiger partial charge in [0.25, 0.3) is 0 Å². The molecule has 0 bridgehead atoms. The van der Waals surface area contributed by atoms with E-state index in [9.17, 15) is 27.6 Å². The van der Waals surface area contributed by atoms with Crippen molar-refractivity contribution in [1.29, 1.82) is 0 Å². The van der Waals surface area contributed by atoms with E-state index in [1.807, 2.05) is 30.3 Å². The minimum absolute atomic E-state index is 0.0599. The smallest absolute Gasteiger partial charge is 0.374 e. The second kappa shape index (κ2) is 12.2. The van der Waals surface area contributed by atoms with Gasteiger partial charge in [-0.15, -0.1) is 0 Å². The first-order chi connectivity index (χ1) is 19.3. The Bertz CT molecular complexity index is 1220. The van der Waals surface area contributed by atoms with Gasteiger partial charge < -0.3 is 25.6 Å². The van der Waals surface area contributed by atoms with Gasteiger partial charge in [-0.1, -0.05) is 60.7 Å². The first-order valence-electron chi connectivity index (χ1n) is 13.7. The normalized spacial score (nSPS) is 22.2. The molecule has 0 aromatic heterocycles. The second-order valence-corrected chi connectivity index (χ2v) is 11.5. The summed E-state index contributed by atoms with van der Waals surface area (Å²) in [6.07, 6.45) is -3.78. The highest BCUT2D eigenvalue weighted by molar-refractivity contribution is 5.93. The van der Waals surface area contributed by atoms with Crippen LogP contribution in [0.25, 0.3) is 0 Å². The van der Waals surface area contributed by atoms with Crippen LogP contribution < -0.4 is 11.1 Å². The van der Waals surface area contributed by atoms with E-state index >= 15 is 0 Å². The van der Waals surface area contributed by atoms with Gasteiger partial charge in [-0.3, -0.25) is 14.4 Å². The van der Waals surface area contributed by atoms with Crippen LogP contribution in [-0.4, -0.2) is 78.1 Å². The maximum Gasteiger partial charge on any atom is 0.406 e. The van der Waals surface area contributed by atoms with E-state index < -0.39 is 53.4 Å². The lowest BCUT2D eigenvalue weighted by Gasteiger charge is -2.43. The largest absolute Gasteiger partial charge is 0.406 e. The Morgan fingerprint density at radius 2 is 1.73 bits per heavy atom. The average molecular weight is 575 g/mol. The fraction of sp³-hybridized carbons (Fsp3) is 0.500. The quantitative estimate of drug-likeness (QED) is 0.479. The maximum atomic E-state index is 13.9. The van der Waals surface area contributed by atoms with Crippen LogP contribution in [-0.2, 0) is 25.7 Å². The van der Waals surface area contributed by atoms with Gasteiger partial charge >= 0.3 is 6.18 Å². The number of rotatable bonds is 9. The third kappa shape index (κ3) is 7.26. The van der Waals surface area contributed by atoms with Crippen molar-refractivity contribution in [2.75, 3.05) is 32.8 Å². The number of likely N-dealkylation sites (tertiary alicyclic amines) is 2. The molecule has 2 aromatic rings. The van der Waals surface area contributed by atoms with E-state index in [2.05, 4.69) is 5.32 Å². The van der Waals surface area contributed by atoms with Gasteiger partial charge in [0.05, 0.1) is 24.2 Å². The van der Waals surface area contributed by atoms with Crippen molar-refractivity contribution in [1.82, 2.24) is 15.1 Å². The van der Waals surface area contributed by atoms with Crippen molar-refractivity contribution in [2.24, 2.45) is 11.1 Å². The minimum atomic E-state index is -4.55. The zero-order valence-corrected chi connectivity index (χ0v) is 23.3. The lowest BCUT2D eigenvalue weighted by Crippen LogP contribution is -2.60. The van der Waals surface area contributed by atoms with Crippen LogP contribution in [0.3, 0.4) is 0 Å². The molecule has 8 nitrogen and oxygen atoms in total. The molecule has 41 heavy (non-hydrogen) atoms. The molecule has 3 N–H and O–H groups in total. The molecule has 4 rings (SSSR count). The summed E-state index contributed by atoms with van der Waals surface area (Å²) in [5.74, 6) is -2.16. The number of benzene rings is 2. The standard InChI is InChI=1S/C30H37F3N4O4/c1-28(2,34)26(39)35-24(18-41-17-21-10-5-3-6-11-21)25(38)36-15-9-14-29(19-36)23(22-12-7-4-8-13-22)16-37(27(29)40)20-30(31,32)33/h3-8,10-13,23-24H,9,14-20,34H2,1-2H3,(H,35,39)/t23?,24-,29?/m1/s1. The first-order valence-corrected chi connectivity index (χ1v) is 13.7. The number of halogens is 3. The number of hydrogen-bond acceptors (Lipinski definition) is 5. The fourth-order valence-corrected chi connectivity index (χ4v) is 5.74. The second-order valence-electron chi connectivity index (χ2n) is 11.5. The van der Waals surface area contributed by atoms with Gasteiger partial charge in [0.1, 0.15) is 12.6 Å². The summed E-state index contributed by atoms with van der Waals surface area (Å²) in [5, 5.41) is 2.69. The lowest BCUT2D eigenvalue weighted by atomic mass is 9.69. The molecule has 222 valence electrons. The Kier molecular flexibility index (Phi) is 9.08. The summed E-state index contributed by atoms with van der Waals surface area (Å²) >= 11 is 0. The highest BCUT2D eigenvalue weighted by Gasteiger charge is 2.58. The Morgan fingerprint density at radius 3 is 2.34 bits per heavy atom. The zero-order valence-electron chi connectivity index (χ0n) is 23.3. The molecule has 3 amide bonds. The Balaban J connectivity index is 1.58. The SMILES string of the molecule is CC(C)(N)C(=O)N[C@H](COCc1ccccc1)C(=O)N1CCCC2(C1)C(=O)N(CC(F)(F)F)CC2c1ccccc1. The van der Waals surface area contributed by atoms with Crippen LogP contribution in [0.15, 0.2) is 60.7 Å². The average Bonchev–Trinajstić information content (AvgIpc) is 3.17. The van der Waals surface area contributed by atoms with Crippen LogP contribution in [0.1, 0.15) is 43.7 Å². The van der Waals surface area contributed by atoms with Crippen molar-refractivity contribution < 1.29 is 32.3 Å². The number of nitrogens with two attached hydrogens (primary N) is 1. The molecule has 2 saturated heterocycles. The molecule has 2 heterocycles. The number of nitrogens with one attached hydrogen (secondary N) is 1. The van der Waals surface area contributed by atoms with Crippen LogP contribution in [0.4, 0.5) is 13.2 Å². The molecule has 11 heteroatoms. The van der Waals surface area contributed by atoms with Crippen molar-refractivity contribution >= 4 is 17.7 Å². The number of carbonyl (C=O) groups is 3. The fourth-order valence-electron chi connectivity index (χ4n) is 5.74. The molecular weight excluding hydrogens is 537 g/mol. The number of piperidine rings is 1. The molecule has 1 spiro atoms. The maximum absolute atomic E-state index is 13.9.